The molecule has 0 unspecified atom stereocenters. The highest BCUT2D eigenvalue weighted by atomic mass is 16.2. The lowest BCUT2D eigenvalue weighted by Gasteiger charge is -2.15. The van der Waals surface area contributed by atoms with Gasteiger partial charge in [0.1, 0.15) is 5.69 Å². The fourth-order valence-electron chi connectivity index (χ4n) is 2.85. The van der Waals surface area contributed by atoms with Crippen LogP contribution in [-0.2, 0) is 6.42 Å². The third-order valence-corrected chi connectivity index (χ3v) is 4.17. The molecule has 0 bridgehead atoms. The predicted octanol–water partition coefficient (Wildman–Crippen LogP) is 2.29. The molecule has 124 valence electrons. The highest BCUT2D eigenvalue weighted by Gasteiger charge is 2.20. The first kappa shape index (κ1) is 16.2. The number of hydrogen-bond acceptors (Lipinski definition) is 3. The standard InChI is InChI=1S/C19H21N3O2/c23-18(21-10-8-15-6-2-1-3-7-15)17-14-16(9-11-20-17)19(24)22-12-4-5-13-22/h1-3,6-7,9,11,14H,4-5,8,10,12-13H2,(H,21,23). The van der Waals surface area contributed by atoms with Gasteiger partial charge >= 0.3 is 0 Å². The Morgan fingerprint density at radius 1 is 1.08 bits per heavy atom. The van der Waals surface area contributed by atoms with E-state index in [-0.39, 0.29) is 17.5 Å². The third kappa shape index (κ3) is 3.98. The van der Waals surface area contributed by atoms with Crippen LogP contribution >= 0.6 is 0 Å². The van der Waals surface area contributed by atoms with E-state index in [0.29, 0.717) is 12.1 Å². The van der Waals surface area contributed by atoms with Crippen molar-refractivity contribution in [3.63, 3.8) is 0 Å². The zero-order valence-corrected chi connectivity index (χ0v) is 13.6. The van der Waals surface area contributed by atoms with Gasteiger partial charge in [-0.2, -0.15) is 0 Å². The van der Waals surface area contributed by atoms with Crippen molar-refractivity contribution in [3.8, 4) is 0 Å². The Morgan fingerprint density at radius 2 is 1.83 bits per heavy atom. The van der Waals surface area contributed by atoms with E-state index in [4.69, 9.17) is 0 Å². The number of carbonyl (C=O) groups is 2. The molecule has 1 aliphatic heterocycles. The van der Waals surface area contributed by atoms with Gasteiger partial charge in [0.25, 0.3) is 11.8 Å². The van der Waals surface area contributed by atoms with Gasteiger partial charge in [-0.1, -0.05) is 30.3 Å². The average molecular weight is 323 g/mol. The van der Waals surface area contributed by atoms with Gasteiger partial charge in [-0.05, 0) is 37.0 Å². The van der Waals surface area contributed by atoms with E-state index in [1.807, 2.05) is 35.2 Å². The second-order valence-electron chi connectivity index (χ2n) is 5.92. The summed E-state index contributed by atoms with van der Waals surface area (Å²) in [5.41, 5.74) is 1.98. The second-order valence-corrected chi connectivity index (χ2v) is 5.92. The number of rotatable bonds is 5. The summed E-state index contributed by atoms with van der Waals surface area (Å²) < 4.78 is 0. The van der Waals surface area contributed by atoms with Gasteiger partial charge in [0.05, 0.1) is 0 Å². The van der Waals surface area contributed by atoms with Crippen LogP contribution in [0.4, 0.5) is 0 Å². The lowest BCUT2D eigenvalue weighted by Crippen LogP contribution is -2.29. The molecule has 2 amide bonds. The van der Waals surface area contributed by atoms with Crippen LogP contribution in [0.1, 0.15) is 39.3 Å². The predicted molar refractivity (Wildman–Crippen MR) is 91.9 cm³/mol. The Balaban J connectivity index is 1.58. The number of pyridine rings is 1. The Morgan fingerprint density at radius 3 is 2.58 bits per heavy atom. The molecule has 5 heteroatoms. The zero-order valence-electron chi connectivity index (χ0n) is 13.6. The molecule has 2 aromatic rings. The SMILES string of the molecule is O=C(NCCc1ccccc1)c1cc(C(=O)N2CCCC2)ccn1. The Labute approximate surface area is 141 Å². The van der Waals surface area contributed by atoms with Gasteiger partial charge in [-0.3, -0.25) is 14.6 Å². The fraction of sp³-hybridized carbons (Fsp3) is 0.316. The van der Waals surface area contributed by atoms with Crippen LogP contribution in [0.25, 0.3) is 0 Å². The number of carbonyl (C=O) groups excluding carboxylic acids is 2. The number of benzene rings is 1. The maximum Gasteiger partial charge on any atom is 0.269 e. The zero-order chi connectivity index (χ0) is 16.8. The summed E-state index contributed by atoms with van der Waals surface area (Å²) >= 11 is 0. The van der Waals surface area contributed by atoms with E-state index in [0.717, 1.165) is 32.4 Å². The van der Waals surface area contributed by atoms with Crippen molar-refractivity contribution in [1.82, 2.24) is 15.2 Å². The second kappa shape index (κ2) is 7.73. The number of amides is 2. The minimum atomic E-state index is -0.248. The van der Waals surface area contributed by atoms with E-state index in [1.165, 1.54) is 11.8 Å². The van der Waals surface area contributed by atoms with Crippen molar-refractivity contribution in [2.24, 2.45) is 0 Å². The largest absolute Gasteiger partial charge is 0.350 e. The average Bonchev–Trinajstić information content (AvgIpc) is 3.16. The molecule has 1 N–H and O–H groups in total. The summed E-state index contributed by atoms with van der Waals surface area (Å²) in [6, 6.07) is 13.2. The number of likely N-dealkylation sites (tertiary alicyclic amines) is 1. The van der Waals surface area contributed by atoms with E-state index in [2.05, 4.69) is 10.3 Å². The van der Waals surface area contributed by atoms with Crippen molar-refractivity contribution in [2.45, 2.75) is 19.3 Å². The Hall–Kier alpha value is -2.69. The van der Waals surface area contributed by atoms with Gasteiger partial charge in [-0.25, -0.2) is 0 Å². The van der Waals surface area contributed by atoms with E-state index in [1.54, 1.807) is 12.1 Å². The van der Waals surface area contributed by atoms with Crippen molar-refractivity contribution < 1.29 is 9.59 Å². The topological polar surface area (TPSA) is 62.3 Å². The number of nitrogens with zero attached hydrogens (tertiary/aromatic N) is 2. The lowest BCUT2D eigenvalue weighted by molar-refractivity contribution is 0.0792. The first-order valence-electron chi connectivity index (χ1n) is 8.31. The molecular formula is C19H21N3O2. The Bertz CT molecular complexity index is 710. The molecule has 0 saturated carbocycles. The molecule has 1 aromatic heterocycles. The molecule has 1 fully saturated rings. The molecule has 1 aliphatic rings. The van der Waals surface area contributed by atoms with Gasteiger partial charge in [0.2, 0.25) is 0 Å². The lowest BCUT2D eigenvalue weighted by atomic mass is 10.1. The van der Waals surface area contributed by atoms with Gasteiger partial charge in [0.15, 0.2) is 0 Å². The summed E-state index contributed by atoms with van der Waals surface area (Å²) in [7, 11) is 0. The van der Waals surface area contributed by atoms with Crippen molar-refractivity contribution in [1.29, 1.82) is 0 Å². The minimum absolute atomic E-state index is 0.0202. The van der Waals surface area contributed by atoms with Crippen LogP contribution in [0.5, 0.6) is 0 Å². The third-order valence-electron chi connectivity index (χ3n) is 4.17. The molecule has 0 radical (unpaired) electrons. The summed E-state index contributed by atoms with van der Waals surface area (Å²) in [6.07, 6.45) is 4.38. The van der Waals surface area contributed by atoms with E-state index < -0.39 is 0 Å². The normalized spacial score (nSPS) is 13.8. The van der Waals surface area contributed by atoms with Gasteiger partial charge in [-0.15, -0.1) is 0 Å². The maximum absolute atomic E-state index is 12.4. The molecule has 3 rings (SSSR count). The molecule has 0 aliphatic carbocycles. The van der Waals surface area contributed by atoms with Gasteiger partial charge in [0, 0.05) is 31.4 Å². The highest BCUT2D eigenvalue weighted by Crippen LogP contribution is 2.13. The van der Waals surface area contributed by atoms with E-state index in [9.17, 15) is 9.59 Å². The van der Waals surface area contributed by atoms with Crippen molar-refractivity contribution in [3.05, 3.63) is 65.5 Å². The van der Waals surface area contributed by atoms with Crippen LogP contribution in [0.2, 0.25) is 0 Å². The molecule has 24 heavy (non-hydrogen) atoms. The monoisotopic (exact) mass is 323 g/mol. The first-order valence-corrected chi connectivity index (χ1v) is 8.31. The maximum atomic E-state index is 12.4. The molecule has 0 spiro atoms. The van der Waals surface area contributed by atoms with Crippen LogP contribution in [0.15, 0.2) is 48.7 Å². The minimum Gasteiger partial charge on any atom is -0.350 e. The summed E-state index contributed by atoms with van der Waals surface area (Å²) in [6.45, 7) is 2.12. The van der Waals surface area contributed by atoms with Crippen molar-refractivity contribution in [2.75, 3.05) is 19.6 Å². The summed E-state index contributed by atoms with van der Waals surface area (Å²) in [4.78, 5) is 30.5. The quantitative estimate of drug-likeness (QED) is 0.918. The molecule has 1 saturated heterocycles. The smallest absolute Gasteiger partial charge is 0.269 e. The number of aromatic nitrogens is 1. The molecule has 2 heterocycles. The Kier molecular flexibility index (Phi) is 5.21. The first-order chi connectivity index (χ1) is 11.7. The summed E-state index contributed by atoms with van der Waals surface area (Å²) in [5.74, 6) is -0.268. The van der Waals surface area contributed by atoms with Crippen LogP contribution < -0.4 is 5.32 Å². The number of nitrogens with one attached hydrogen (secondary N) is 1. The number of hydrogen-bond donors (Lipinski definition) is 1. The molecular weight excluding hydrogens is 302 g/mol. The van der Waals surface area contributed by atoms with Crippen molar-refractivity contribution >= 4 is 11.8 Å². The fourth-order valence-corrected chi connectivity index (χ4v) is 2.85. The van der Waals surface area contributed by atoms with Crippen LogP contribution in [0, 0.1) is 0 Å². The highest BCUT2D eigenvalue weighted by molar-refractivity contribution is 5.98. The van der Waals surface area contributed by atoms with Crippen LogP contribution in [0.3, 0.4) is 0 Å². The molecule has 0 atom stereocenters. The van der Waals surface area contributed by atoms with E-state index >= 15 is 0 Å². The molecule has 1 aromatic carbocycles. The molecule has 5 nitrogen and oxygen atoms in total. The van der Waals surface area contributed by atoms with Gasteiger partial charge < -0.3 is 10.2 Å². The summed E-state index contributed by atoms with van der Waals surface area (Å²) in [5, 5.41) is 2.86. The van der Waals surface area contributed by atoms with Crippen LogP contribution in [-0.4, -0.2) is 41.3 Å².